The van der Waals surface area contributed by atoms with Crippen LogP contribution in [0.3, 0.4) is 0 Å². The van der Waals surface area contributed by atoms with Gasteiger partial charge in [-0.15, -0.1) is 0 Å². The Bertz CT molecular complexity index is 536. The van der Waals surface area contributed by atoms with E-state index in [9.17, 15) is 14.7 Å². The Morgan fingerprint density at radius 2 is 2.23 bits per heavy atom. The average molecular weight is 307 g/mol. The third kappa shape index (κ3) is 3.67. The summed E-state index contributed by atoms with van der Waals surface area (Å²) in [4.78, 5) is 25.8. The summed E-state index contributed by atoms with van der Waals surface area (Å²) in [5.41, 5.74) is 0.280. The summed E-state index contributed by atoms with van der Waals surface area (Å²) in [6, 6.07) is 0. The van der Waals surface area contributed by atoms with Gasteiger partial charge in [-0.3, -0.25) is 14.3 Å². The molecule has 1 amide bonds. The lowest BCUT2D eigenvalue weighted by molar-refractivity contribution is -0.155. The SMILES string of the molecule is CCC[C@]1(C(=O)O)CCCN(C(=O)CCc2cnn(C)c2)C1. The molecular weight excluding hydrogens is 282 g/mol. The molecule has 6 heteroatoms. The number of piperidine rings is 1. The largest absolute Gasteiger partial charge is 0.481 e. The van der Waals surface area contributed by atoms with Crippen molar-refractivity contribution in [2.24, 2.45) is 12.5 Å². The fourth-order valence-corrected chi connectivity index (χ4v) is 3.32. The van der Waals surface area contributed by atoms with Crippen LogP contribution in [0.2, 0.25) is 0 Å². The number of hydrogen-bond acceptors (Lipinski definition) is 3. The molecule has 1 fully saturated rings. The van der Waals surface area contributed by atoms with Gasteiger partial charge in [-0.1, -0.05) is 13.3 Å². The minimum atomic E-state index is -0.765. The van der Waals surface area contributed by atoms with E-state index >= 15 is 0 Å². The first-order valence-corrected chi connectivity index (χ1v) is 7.95. The van der Waals surface area contributed by atoms with Crippen LogP contribution in [-0.2, 0) is 23.1 Å². The van der Waals surface area contributed by atoms with Crippen LogP contribution in [0.4, 0.5) is 0 Å². The van der Waals surface area contributed by atoms with Gasteiger partial charge < -0.3 is 10.0 Å². The molecule has 6 nitrogen and oxygen atoms in total. The number of carbonyl (C=O) groups excluding carboxylic acids is 1. The molecule has 0 saturated carbocycles. The first-order valence-electron chi connectivity index (χ1n) is 7.95. The van der Waals surface area contributed by atoms with Crippen molar-refractivity contribution in [1.82, 2.24) is 14.7 Å². The first-order chi connectivity index (χ1) is 10.5. The van der Waals surface area contributed by atoms with Gasteiger partial charge in [0, 0.05) is 32.8 Å². The fourth-order valence-electron chi connectivity index (χ4n) is 3.32. The summed E-state index contributed by atoms with van der Waals surface area (Å²) in [6.45, 7) is 3.01. The number of carbonyl (C=O) groups is 2. The molecule has 0 aliphatic carbocycles. The molecule has 1 aromatic rings. The number of carboxylic acids is 1. The Labute approximate surface area is 131 Å². The van der Waals surface area contributed by atoms with E-state index in [2.05, 4.69) is 5.10 Å². The molecule has 2 heterocycles. The van der Waals surface area contributed by atoms with Crippen LogP contribution in [-0.4, -0.2) is 44.8 Å². The standard InChI is InChI=1S/C16H25N3O3/c1-3-7-16(15(21)22)8-4-9-19(12-16)14(20)6-5-13-10-17-18(2)11-13/h10-11H,3-9,12H2,1-2H3,(H,21,22)/t16-/m0/s1. The minimum Gasteiger partial charge on any atom is -0.481 e. The summed E-state index contributed by atoms with van der Waals surface area (Å²) in [5, 5.41) is 13.7. The zero-order chi connectivity index (χ0) is 16.2. The van der Waals surface area contributed by atoms with Crippen LogP contribution in [0.25, 0.3) is 0 Å². The van der Waals surface area contributed by atoms with Gasteiger partial charge in [-0.2, -0.15) is 5.10 Å². The second kappa shape index (κ2) is 6.94. The molecule has 0 unspecified atom stereocenters. The number of nitrogens with zero attached hydrogens (tertiary/aromatic N) is 3. The Balaban J connectivity index is 1.95. The number of aliphatic carboxylic acids is 1. The van der Waals surface area contributed by atoms with E-state index in [0.717, 1.165) is 18.4 Å². The van der Waals surface area contributed by atoms with Crippen molar-refractivity contribution in [2.45, 2.75) is 45.4 Å². The van der Waals surface area contributed by atoms with Crippen molar-refractivity contribution in [3.05, 3.63) is 18.0 Å². The van der Waals surface area contributed by atoms with E-state index in [4.69, 9.17) is 0 Å². The maximum atomic E-state index is 12.4. The summed E-state index contributed by atoms with van der Waals surface area (Å²) in [6.07, 6.45) is 7.63. The molecule has 1 atom stereocenters. The van der Waals surface area contributed by atoms with Crippen LogP contribution in [0, 0.1) is 5.41 Å². The maximum absolute atomic E-state index is 12.4. The molecule has 1 aromatic heterocycles. The molecule has 122 valence electrons. The summed E-state index contributed by atoms with van der Waals surface area (Å²) in [5.74, 6) is -0.718. The molecule has 1 saturated heterocycles. The van der Waals surface area contributed by atoms with Gasteiger partial charge >= 0.3 is 5.97 Å². The lowest BCUT2D eigenvalue weighted by Gasteiger charge is -2.40. The van der Waals surface area contributed by atoms with E-state index in [1.165, 1.54) is 0 Å². The van der Waals surface area contributed by atoms with E-state index < -0.39 is 11.4 Å². The Morgan fingerprint density at radius 1 is 1.45 bits per heavy atom. The van der Waals surface area contributed by atoms with E-state index in [1.54, 1.807) is 15.8 Å². The predicted molar refractivity (Wildman–Crippen MR) is 82.3 cm³/mol. The van der Waals surface area contributed by atoms with Gasteiger partial charge in [0.05, 0.1) is 11.6 Å². The van der Waals surface area contributed by atoms with Crippen LogP contribution >= 0.6 is 0 Å². The molecule has 1 N–H and O–H groups in total. The number of aromatic nitrogens is 2. The minimum absolute atomic E-state index is 0.0466. The van der Waals surface area contributed by atoms with Gasteiger partial charge in [-0.05, 0) is 31.2 Å². The Morgan fingerprint density at radius 3 is 2.82 bits per heavy atom. The molecule has 22 heavy (non-hydrogen) atoms. The maximum Gasteiger partial charge on any atom is 0.311 e. The van der Waals surface area contributed by atoms with Gasteiger partial charge in [0.1, 0.15) is 0 Å². The number of amides is 1. The monoisotopic (exact) mass is 307 g/mol. The number of carboxylic acid groups (broad SMARTS) is 1. The topological polar surface area (TPSA) is 75.4 Å². The van der Waals surface area contributed by atoms with Crippen molar-refractivity contribution < 1.29 is 14.7 Å². The molecular formula is C16H25N3O3. The van der Waals surface area contributed by atoms with Crippen molar-refractivity contribution in [2.75, 3.05) is 13.1 Å². The highest BCUT2D eigenvalue weighted by molar-refractivity contribution is 5.80. The van der Waals surface area contributed by atoms with Gasteiger partial charge in [0.15, 0.2) is 0 Å². The highest BCUT2D eigenvalue weighted by Gasteiger charge is 2.42. The summed E-state index contributed by atoms with van der Waals surface area (Å²) >= 11 is 0. The van der Waals surface area contributed by atoms with Crippen molar-refractivity contribution in [3.8, 4) is 0 Å². The third-order valence-corrected chi connectivity index (χ3v) is 4.50. The summed E-state index contributed by atoms with van der Waals surface area (Å²) < 4.78 is 1.72. The van der Waals surface area contributed by atoms with Crippen molar-refractivity contribution in [3.63, 3.8) is 0 Å². The van der Waals surface area contributed by atoms with Crippen LogP contribution in [0.5, 0.6) is 0 Å². The molecule has 1 aliphatic rings. The molecule has 0 radical (unpaired) electrons. The Kier molecular flexibility index (Phi) is 5.21. The fraction of sp³-hybridized carbons (Fsp3) is 0.688. The number of likely N-dealkylation sites (tertiary alicyclic amines) is 1. The molecule has 0 aromatic carbocycles. The lowest BCUT2D eigenvalue weighted by atomic mass is 9.76. The molecule has 0 spiro atoms. The number of hydrogen-bond donors (Lipinski definition) is 1. The van der Waals surface area contributed by atoms with Crippen molar-refractivity contribution >= 4 is 11.9 Å². The van der Waals surface area contributed by atoms with Crippen LogP contribution < -0.4 is 0 Å². The quantitative estimate of drug-likeness (QED) is 0.870. The van der Waals surface area contributed by atoms with Crippen LogP contribution in [0.15, 0.2) is 12.4 Å². The van der Waals surface area contributed by atoms with Gasteiger partial charge in [0.25, 0.3) is 0 Å². The normalized spacial score (nSPS) is 21.8. The van der Waals surface area contributed by atoms with Gasteiger partial charge in [0.2, 0.25) is 5.91 Å². The van der Waals surface area contributed by atoms with Crippen molar-refractivity contribution in [1.29, 1.82) is 0 Å². The zero-order valence-corrected chi connectivity index (χ0v) is 13.4. The highest BCUT2D eigenvalue weighted by atomic mass is 16.4. The molecule has 2 rings (SSSR count). The smallest absolute Gasteiger partial charge is 0.311 e. The average Bonchev–Trinajstić information content (AvgIpc) is 2.91. The van der Waals surface area contributed by atoms with E-state index in [-0.39, 0.29) is 5.91 Å². The Hall–Kier alpha value is -1.85. The highest BCUT2D eigenvalue weighted by Crippen LogP contribution is 2.35. The number of rotatable bonds is 6. The molecule has 0 bridgehead atoms. The second-order valence-electron chi connectivity index (χ2n) is 6.28. The third-order valence-electron chi connectivity index (χ3n) is 4.50. The van der Waals surface area contributed by atoms with E-state index in [1.807, 2.05) is 20.2 Å². The first kappa shape index (κ1) is 16.5. The summed E-state index contributed by atoms with van der Waals surface area (Å²) in [7, 11) is 1.85. The second-order valence-corrected chi connectivity index (χ2v) is 6.28. The lowest BCUT2D eigenvalue weighted by Crippen LogP contribution is -2.50. The predicted octanol–water partition coefficient (Wildman–Crippen LogP) is 1.85. The van der Waals surface area contributed by atoms with E-state index in [0.29, 0.717) is 38.8 Å². The number of aryl methyl sites for hydroxylation is 2. The van der Waals surface area contributed by atoms with Crippen LogP contribution in [0.1, 0.15) is 44.6 Å². The zero-order valence-electron chi connectivity index (χ0n) is 13.4. The molecule has 1 aliphatic heterocycles. The van der Waals surface area contributed by atoms with Gasteiger partial charge in [-0.25, -0.2) is 0 Å².